The van der Waals surface area contributed by atoms with Crippen molar-refractivity contribution in [3.05, 3.63) is 40.6 Å². The molecule has 1 fully saturated rings. The summed E-state index contributed by atoms with van der Waals surface area (Å²) in [6.45, 7) is 1.53. The van der Waals surface area contributed by atoms with Gasteiger partial charge in [0.1, 0.15) is 5.52 Å². The number of nitrogens with zero attached hydrogens (tertiary/aromatic N) is 3. The van der Waals surface area contributed by atoms with Gasteiger partial charge in [0.15, 0.2) is 0 Å². The highest BCUT2D eigenvalue weighted by atomic mass is 16.6. The second kappa shape index (κ2) is 5.05. The third-order valence-electron chi connectivity index (χ3n) is 3.88. The van der Waals surface area contributed by atoms with Crippen LogP contribution in [0, 0.1) is 10.1 Å². The van der Waals surface area contributed by atoms with Crippen LogP contribution < -0.4 is 10.6 Å². The molecular weight excluding hydrogens is 256 g/mol. The largest absolute Gasteiger partial charge is 0.367 e. The Bertz CT molecular complexity index is 659. The zero-order chi connectivity index (χ0) is 14.1. The lowest BCUT2D eigenvalue weighted by atomic mass is 10.1. The van der Waals surface area contributed by atoms with Gasteiger partial charge >= 0.3 is 0 Å². The van der Waals surface area contributed by atoms with E-state index in [-0.39, 0.29) is 10.6 Å². The van der Waals surface area contributed by atoms with Crippen LogP contribution in [0.1, 0.15) is 12.8 Å². The number of nitro benzene ring substituents is 1. The van der Waals surface area contributed by atoms with E-state index in [1.165, 1.54) is 6.07 Å². The molecule has 1 saturated heterocycles. The minimum Gasteiger partial charge on any atom is -0.367 e. The first-order valence-corrected chi connectivity index (χ1v) is 6.71. The van der Waals surface area contributed by atoms with Crippen LogP contribution in [0.3, 0.4) is 0 Å². The molecule has 0 radical (unpaired) electrons. The number of benzene rings is 1. The van der Waals surface area contributed by atoms with E-state index in [4.69, 9.17) is 5.73 Å². The van der Waals surface area contributed by atoms with Gasteiger partial charge in [0.25, 0.3) is 5.69 Å². The van der Waals surface area contributed by atoms with E-state index in [0.717, 1.165) is 30.5 Å². The number of rotatable bonds is 3. The van der Waals surface area contributed by atoms with Gasteiger partial charge in [-0.3, -0.25) is 10.1 Å². The van der Waals surface area contributed by atoms with Gasteiger partial charge in [0.2, 0.25) is 0 Å². The van der Waals surface area contributed by atoms with Gasteiger partial charge < -0.3 is 10.6 Å². The summed E-state index contributed by atoms with van der Waals surface area (Å²) in [6, 6.07) is 7.30. The van der Waals surface area contributed by atoms with Crippen LogP contribution in [0.5, 0.6) is 0 Å². The van der Waals surface area contributed by atoms with Crippen molar-refractivity contribution in [2.45, 2.75) is 18.9 Å². The van der Waals surface area contributed by atoms with Gasteiger partial charge in [-0.15, -0.1) is 0 Å². The van der Waals surface area contributed by atoms with Gasteiger partial charge in [-0.25, -0.2) is 4.98 Å². The average Bonchev–Trinajstić information content (AvgIpc) is 2.94. The fourth-order valence-electron chi connectivity index (χ4n) is 2.94. The highest BCUT2D eigenvalue weighted by Crippen LogP contribution is 2.34. The van der Waals surface area contributed by atoms with Crippen LogP contribution in [-0.2, 0) is 0 Å². The quantitative estimate of drug-likeness (QED) is 0.683. The summed E-state index contributed by atoms with van der Waals surface area (Å²) < 4.78 is 0. The lowest BCUT2D eigenvalue weighted by Gasteiger charge is -2.26. The molecule has 0 amide bonds. The van der Waals surface area contributed by atoms with Crippen molar-refractivity contribution in [3.63, 3.8) is 0 Å². The molecule has 1 atom stereocenters. The van der Waals surface area contributed by atoms with Crippen LogP contribution >= 0.6 is 0 Å². The summed E-state index contributed by atoms with van der Waals surface area (Å²) in [5.74, 6) is 0. The predicted molar refractivity (Wildman–Crippen MR) is 77.8 cm³/mol. The molecule has 0 bridgehead atoms. The van der Waals surface area contributed by atoms with E-state index >= 15 is 0 Å². The summed E-state index contributed by atoms with van der Waals surface area (Å²) in [5, 5.41) is 11.9. The van der Waals surface area contributed by atoms with Crippen molar-refractivity contribution in [2.24, 2.45) is 5.73 Å². The van der Waals surface area contributed by atoms with E-state index < -0.39 is 0 Å². The van der Waals surface area contributed by atoms with Gasteiger partial charge in [0, 0.05) is 42.5 Å². The highest BCUT2D eigenvalue weighted by Gasteiger charge is 2.26. The standard InChI is InChI=1S/C14H16N4O2/c15-9-10-3-2-8-17(10)12-6-7-16-14-11(12)4-1-5-13(14)18(19)20/h1,4-7,10H,2-3,8-9,15H2. The molecule has 1 aliphatic heterocycles. The Morgan fingerprint density at radius 3 is 3.05 bits per heavy atom. The first-order valence-electron chi connectivity index (χ1n) is 6.71. The number of nitro groups is 1. The summed E-state index contributed by atoms with van der Waals surface area (Å²) in [7, 11) is 0. The van der Waals surface area contributed by atoms with Gasteiger partial charge in [-0.05, 0) is 18.9 Å². The summed E-state index contributed by atoms with van der Waals surface area (Å²) in [4.78, 5) is 17.1. The van der Waals surface area contributed by atoms with Gasteiger partial charge in [0.05, 0.1) is 4.92 Å². The molecule has 2 heterocycles. The Kier molecular flexibility index (Phi) is 3.23. The molecule has 2 aromatic rings. The Hall–Kier alpha value is -2.21. The van der Waals surface area contributed by atoms with E-state index in [0.29, 0.717) is 18.1 Å². The Morgan fingerprint density at radius 1 is 1.45 bits per heavy atom. The second-order valence-corrected chi connectivity index (χ2v) is 4.99. The molecule has 2 N–H and O–H groups in total. The predicted octanol–water partition coefficient (Wildman–Crippen LogP) is 2.07. The lowest BCUT2D eigenvalue weighted by molar-refractivity contribution is -0.383. The van der Waals surface area contributed by atoms with Crippen LogP contribution in [-0.4, -0.2) is 29.0 Å². The maximum absolute atomic E-state index is 11.1. The molecule has 0 spiro atoms. The number of hydrogen-bond acceptors (Lipinski definition) is 5. The fourth-order valence-corrected chi connectivity index (χ4v) is 2.94. The topological polar surface area (TPSA) is 85.3 Å². The molecule has 0 saturated carbocycles. The maximum atomic E-state index is 11.1. The summed E-state index contributed by atoms with van der Waals surface area (Å²) in [5.41, 5.74) is 7.30. The molecule has 3 rings (SSSR count). The minimum atomic E-state index is -0.385. The van der Waals surface area contributed by atoms with Crippen molar-refractivity contribution in [1.29, 1.82) is 0 Å². The fraction of sp³-hybridized carbons (Fsp3) is 0.357. The third-order valence-corrected chi connectivity index (χ3v) is 3.88. The lowest BCUT2D eigenvalue weighted by Crippen LogP contribution is -2.35. The maximum Gasteiger partial charge on any atom is 0.295 e. The molecule has 6 heteroatoms. The van der Waals surface area contributed by atoms with Crippen LogP contribution in [0.2, 0.25) is 0 Å². The first kappa shape index (κ1) is 12.8. The monoisotopic (exact) mass is 272 g/mol. The van der Waals surface area contributed by atoms with Crippen molar-refractivity contribution in [2.75, 3.05) is 18.0 Å². The Morgan fingerprint density at radius 2 is 2.30 bits per heavy atom. The van der Waals surface area contributed by atoms with E-state index in [9.17, 15) is 10.1 Å². The molecule has 1 aliphatic rings. The van der Waals surface area contributed by atoms with E-state index in [1.807, 2.05) is 12.1 Å². The Labute approximate surface area is 116 Å². The SMILES string of the molecule is NCC1CCCN1c1ccnc2c([N+](=O)[O-])cccc12. The number of hydrogen-bond donors (Lipinski definition) is 1. The molecule has 1 aromatic heterocycles. The number of anilines is 1. The molecular formula is C14H16N4O2. The number of fused-ring (bicyclic) bond motifs is 1. The number of aromatic nitrogens is 1. The van der Waals surface area contributed by atoms with Crippen LogP contribution in [0.15, 0.2) is 30.5 Å². The van der Waals surface area contributed by atoms with Crippen molar-refractivity contribution in [1.82, 2.24) is 4.98 Å². The van der Waals surface area contributed by atoms with Gasteiger partial charge in [-0.1, -0.05) is 12.1 Å². The number of non-ortho nitro benzene ring substituents is 1. The zero-order valence-corrected chi connectivity index (χ0v) is 11.0. The normalized spacial score (nSPS) is 18.6. The Balaban J connectivity index is 2.17. The number of para-hydroxylation sites is 1. The average molecular weight is 272 g/mol. The van der Waals surface area contributed by atoms with Crippen molar-refractivity contribution < 1.29 is 4.92 Å². The molecule has 0 aliphatic carbocycles. The summed E-state index contributed by atoms with van der Waals surface area (Å²) in [6.07, 6.45) is 3.80. The third kappa shape index (κ3) is 1.98. The molecule has 104 valence electrons. The molecule has 20 heavy (non-hydrogen) atoms. The van der Waals surface area contributed by atoms with Crippen LogP contribution in [0.4, 0.5) is 11.4 Å². The smallest absolute Gasteiger partial charge is 0.295 e. The van der Waals surface area contributed by atoms with Gasteiger partial charge in [-0.2, -0.15) is 0 Å². The minimum absolute atomic E-state index is 0.0489. The summed E-state index contributed by atoms with van der Waals surface area (Å²) >= 11 is 0. The zero-order valence-electron chi connectivity index (χ0n) is 11.0. The molecule has 1 unspecified atom stereocenters. The van der Waals surface area contributed by atoms with Crippen molar-refractivity contribution >= 4 is 22.3 Å². The van der Waals surface area contributed by atoms with E-state index in [2.05, 4.69) is 9.88 Å². The molecule has 1 aromatic carbocycles. The second-order valence-electron chi connectivity index (χ2n) is 4.99. The van der Waals surface area contributed by atoms with Crippen LogP contribution in [0.25, 0.3) is 10.9 Å². The van der Waals surface area contributed by atoms with E-state index in [1.54, 1.807) is 12.3 Å². The number of pyridine rings is 1. The highest BCUT2D eigenvalue weighted by molar-refractivity contribution is 5.96. The first-order chi connectivity index (χ1) is 9.72. The number of nitrogens with two attached hydrogens (primary N) is 1. The van der Waals surface area contributed by atoms with Crippen molar-refractivity contribution in [3.8, 4) is 0 Å². The molecule has 6 nitrogen and oxygen atoms in total.